The second-order valence-corrected chi connectivity index (χ2v) is 17.4. The van der Waals surface area contributed by atoms with Gasteiger partial charge in [-0.1, -0.05) is 37.1 Å². The monoisotopic (exact) mass is 760 g/mol. The molecule has 2 aliphatic carbocycles. The first kappa shape index (κ1) is 38.3. The minimum atomic E-state index is -3.95. The molecule has 1 aromatic carbocycles. The number of alkyl halides is 2. The number of nitrogens with one attached hydrogen (secondary N) is 3. The molecular weight excluding hydrogens is 714 g/mol. The van der Waals surface area contributed by atoms with E-state index in [1.165, 1.54) is 11.0 Å². The maximum Gasteiger partial charge on any atom is 0.408 e. The van der Waals surface area contributed by atoms with Gasteiger partial charge < -0.3 is 25.0 Å². The molecule has 6 rings (SSSR count). The minimum Gasteiger partial charge on any atom is -0.471 e. The van der Waals surface area contributed by atoms with Gasteiger partial charge in [0.1, 0.15) is 29.3 Å². The van der Waals surface area contributed by atoms with Gasteiger partial charge in [-0.25, -0.2) is 23.2 Å². The van der Waals surface area contributed by atoms with E-state index in [1.54, 1.807) is 45.0 Å². The summed E-state index contributed by atoms with van der Waals surface area (Å²) in [6, 6.07) is 4.01. The van der Waals surface area contributed by atoms with E-state index in [2.05, 4.69) is 25.3 Å². The molecule has 1 unspecified atom stereocenters. The van der Waals surface area contributed by atoms with Gasteiger partial charge in [0.05, 0.1) is 22.8 Å². The molecular formula is C36H46F2N6O8S. The highest BCUT2D eigenvalue weighted by Gasteiger charge is 2.62. The van der Waals surface area contributed by atoms with Crippen molar-refractivity contribution in [2.45, 2.75) is 126 Å². The summed E-state index contributed by atoms with van der Waals surface area (Å²) in [7, 11) is -3.95. The lowest BCUT2D eigenvalue weighted by atomic mass is 10.0. The fraction of sp³-hybridized carbons (Fsp3) is 0.611. The Balaban J connectivity index is 1.33. The molecule has 0 spiro atoms. The van der Waals surface area contributed by atoms with Crippen molar-refractivity contribution in [3.63, 3.8) is 0 Å². The van der Waals surface area contributed by atoms with Gasteiger partial charge in [-0.3, -0.25) is 19.1 Å². The summed E-state index contributed by atoms with van der Waals surface area (Å²) in [6.45, 7) is 5.44. The van der Waals surface area contributed by atoms with Crippen molar-refractivity contribution < 1.29 is 45.9 Å². The maximum atomic E-state index is 14.9. The summed E-state index contributed by atoms with van der Waals surface area (Å²) in [5.74, 6) is -6.70. The van der Waals surface area contributed by atoms with Crippen LogP contribution in [0.4, 0.5) is 13.6 Å². The highest BCUT2D eigenvalue weighted by atomic mass is 32.2. The van der Waals surface area contributed by atoms with E-state index in [-0.39, 0.29) is 31.3 Å². The van der Waals surface area contributed by atoms with Crippen molar-refractivity contribution in [2.24, 2.45) is 5.92 Å². The molecule has 3 N–H and O–H groups in total. The average Bonchev–Trinajstić information content (AvgIpc) is 3.98. The Morgan fingerprint density at radius 3 is 2.38 bits per heavy atom. The van der Waals surface area contributed by atoms with E-state index < -0.39 is 91.8 Å². The van der Waals surface area contributed by atoms with Gasteiger partial charge in [-0.15, -0.1) is 0 Å². The summed E-state index contributed by atoms with van der Waals surface area (Å²) >= 11 is 0. The zero-order chi connectivity index (χ0) is 38.3. The van der Waals surface area contributed by atoms with Crippen LogP contribution >= 0.6 is 0 Å². The quantitative estimate of drug-likeness (QED) is 0.349. The first-order valence-electron chi connectivity index (χ1n) is 18.0. The van der Waals surface area contributed by atoms with Gasteiger partial charge in [0.25, 0.3) is 11.8 Å². The largest absolute Gasteiger partial charge is 0.471 e. The van der Waals surface area contributed by atoms with Gasteiger partial charge in [-0.05, 0) is 71.4 Å². The molecule has 14 nitrogen and oxygen atoms in total. The lowest BCUT2D eigenvalue weighted by molar-refractivity contribution is -0.141. The molecule has 0 radical (unpaired) electrons. The van der Waals surface area contributed by atoms with Crippen molar-refractivity contribution in [2.75, 3.05) is 6.54 Å². The van der Waals surface area contributed by atoms with Crippen LogP contribution in [-0.2, 0) is 35.1 Å². The number of aromatic nitrogens is 2. The van der Waals surface area contributed by atoms with Crippen LogP contribution < -0.4 is 20.1 Å². The number of sulfonamides is 1. The Morgan fingerprint density at radius 2 is 1.72 bits per heavy atom. The standard InChI is InChI=1S/C36H46F2N6O8S/c1-34(2,3)52-33(48)41-26-15-9-7-5-6-8-12-21-19-36(21,32(47)43-53(49,50)23-16-17-23)42-29(45)27-18-22(20-44(27)31(26)46)51-30-28(35(4,37)38)39-24-13-10-11-14-25(24)40-30/h8,10-14,21-23,26-27H,5-7,9,15-20H2,1-4H3,(H,41,48)(H,42,45)(H,43,47)/b12-8-/t21?,22-,26+,27+,36-/m1/s1. The second-order valence-electron chi connectivity index (χ2n) is 15.4. The van der Waals surface area contributed by atoms with E-state index >= 15 is 0 Å². The Labute approximate surface area is 306 Å². The molecule has 2 aromatic rings. The number of ether oxygens (including phenoxy) is 2. The fourth-order valence-electron chi connectivity index (χ4n) is 6.81. The number of allylic oxidation sites excluding steroid dienone is 1. The van der Waals surface area contributed by atoms with Crippen LogP contribution in [0.3, 0.4) is 0 Å². The van der Waals surface area contributed by atoms with Gasteiger partial charge in [0.15, 0.2) is 5.69 Å². The zero-order valence-electron chi connectivity index (χ0n) is 30.2. The van der Waals surface area contributed by atoms with Crippen molar-refractivity contribution in [3.05, 3.63) is 42.1 Å². The first-order chi connectivity index (χ1) is 24.9. The number of fused-ring (bicyclic) bond motifs is 3. The lowest BCUT2D eigenvalue weighted by Crippen LogP contribution is -2.58. The summed E-state index contributed by atoms with van der Waals surface area (Å²) in [5.41, 5.74) is -2.67. The summed E-state index contributed by atoms with van der Waals surface area (Å²) in [6.07, 6.45) is 5.44. The number of benzene rings is 1. The molecule has 3 fully saturated rings. The van der Waals surface area contributed by atoms with Crippen LogP contribution in [0.25, 0.3) is 11.0 Å². The smallest absolute Gasteiger partial charge is 0.408 e. The van der Waals surface area contributed by atoms with Crippen molar-refractivity contribution in [1.82, 2.24) is 30.2 Å². The third kappa shape index (κ3) is 8.87. The van der Waals surface area contributed by atoms with Gasteiger partial charge in [-0.2, -0.15) is 8.78 Å². The lowest BCUT2D eigenvalue weighted by Gasteiger charge is -2.30. The Bertz CT molecular complexity index is 1910. The van der Waals surface area contributed by atoms with Crippen LogP contribution in [0, 0.1) is 5.92 Å². The van der Waals surface area contributed by atoms with Crippen molar-refractivity contribution in [3.8, 4) is 5.88 Å². The van der Waals surface area contributed by atoms with Gasteiger partial charge in [0, 0.05) is 19.3 Å². The molecule has 2 aliphatic heterocycles. The predicted octanol–water partition coefficient (Wildman–Crippen LogP) is 3.99. The molecule has 17 heteroatoms. The molecule has 1 aromatic heterocycles. The van der Waals surface area contributed by atoms with Crippen LogP contribution in [0.1, 0.15) is 91.2 Å². The number of nitrogens with zero attached hydrogens (tertiary/aromatic N) is 3. The van der Waals surface area contributed by atoms with Crippen LogP contribution in [-0.4, -0.2) is 88.2 Å². The SMILES string of the molecule is CC(C)(C)OC(=O)N[C@H]1CCCCC/C=C\C2C[C@@]2(C(=O)NS(=O)(=O)C2CC2)NC(=O)[C@@H]2C[C@@H](Oc3nc4ccccc4nc3C(C)(F)F)CN2C1=O. The number of carbonyl (C=O) groups excluding carboxylic acids is 4. The number of rotatable bonds is 7. The molecule has 288 valence electrons. The number of hydrogen-bond donors (Lipinski definition) is 3. The molecule has 4 aliphatic rings. The normalized spacial score (nSPS) is 27.7. The molecule has 5 atom stereocenters. The predicted molar refractivity (Wildman–Crippen MR) is 188 cm³/mol. The molecule has 2 saturated carbocycles. The fourth-order valence-corrected chi connectivity index (χ4v) is 8.17. The topological polar surface area (TPSA) is 186 Å². The van der Waals surface area contributed by atoms with E-state index in [9.17, 15) is 36.4 Å². The number of para-hydroxylation sites is 2. The molecule has 1 saturated heterocycles. The third-order valence-corrected chi connectivity index (χ3v) is 11.6. The minimum absolute atomic E-state index is 0.131. The number of alkyl carbamates (subject to hydrolysis) is 1. The first-order valence-corrected chi connectivity index (χ1v) is 19.6. The van der Waals surface area contributed by atoms with E-state index in [4.69, 9.17) is 9.47 Å². The van der Waals surface area contributed by atoms with Gasteiger partial charge in [0.2, 0.25) is 27.7 Å². The molecule has 3 heterocycles. The van der Waals surface area contributed by atoms with Crippen molar-refractivity contribution >= 4 is 44.9 Å². The third-order valence-electron chi connectivity index (χ3n) is 9.77. The highest BCUT2D eigenvalue weighted by molar-refractivity contribution is 7.91. The van der Waals surface area contributed by atoms with E-state index in [1.807, 2.05) is 6.08 Å². The maximum absolute atomic E-state index is 14.9. The van der Waals surface area contributed by atoms with Gasteiger partial charge >= 0.3 is 6.09 Å². The Hall–Kier alpha value is -4.41. The van der Waals surface area contributed by atoms with Crippen LogP contribution in [0.2, 0.25) is 0 Å². The zero-order valence-corrected chi connectivity index (χ0v) is 31.0. The number of hydrogen-bond acceptors (Lipinski definition) is 10. The van der Waals surface area contributed by atoms with Crippen LogP contribution in [0.15, 0.2) is 36.4 Å². The second kappa shape index (κ2) is 14.4. The summed E-state index contributed by atoms with van der Waals surface area (Å²) < 4.78 is 69.0. The highest BCUT2D eigenvalue weighted by Crippen LogP contribution is 2.46. The number of carbonyl (C=O) groups is 4. The molecule has 53 heavy (non-hydrogen) atoms. The average molecular weight is 761 g/mol. The Kier molecular flexibility index (Phi) is 10.4. The molecule has 4 amide bonds. The van der Waals surface area contributed by atoms with E-state index in [0.717, 1.165) is 6.42 Å². The van der Waals surface area contributed by atoms with Crippen LogP contribution in [0.5, 0.6) is 5.88 Å². The number of halogens is 2. The van der Waals surface area contributed by atoms with Crippen molar-refractivity contribution in [1.29, 1.82) is 0 Å². The number of amides is 4. The Morgan fingerprint density at radius 1 is 1.02 bits per heavy atom. The molecule has 0 bridgehead atoms. The summed E-state index contributed by atoms with van der Waals surface area (Å²) in [5, 5.41) is 4.74. The summed E-state index contributed by atoms with van der Waals surface area (Å²) in [4.78, 5) is 64.9. The van der Waals surface area contributed by atoms with E-state index in [0.29, 0.717) is 44.5 Å².